The standard InChI is InChI=1S/C10H13N7/c1-4-6(5(2)17-16-4)7-8-9(13-3-12-8)15-10(11)14-7/h3,9H,1-2H3,(H,12,13)(H,16,17)(H3,11,14,15). The van der Waals surface area contributed by atoms with Gasteiger partial charge in [-0.05, 0) is 13.8 Å². The van der Waals surface area contributed by atoms with Gasteiger partial charge in [-0.3, -0.25) is 5.10 Å². The average molecular weight is 231 g/mol. The van der Waals surface area contributed by atoms with Crippen molar-refractivity contribution in [2.24, 2.45) is 15.7 Å². The van der Waals surface area contributed by atoms with Crippen molar-refractivity contribution in [1.29, 1.82) is 0 Å². The number of nitrogens with one attached hydrogen (secondary N) is 3. The number of guanidine groups is 1. The first-order valence-electron chi connectivity index (χ1n) is 5.31. The average Bonchev–Trinajstić information content (AvgIpc) is 2.85. The summed E-state index contributed by atoms with van der Waals surface area (Å²) in [6, 6.07) is 0. The normalized spacial score (nSPS) is 22.0. The number of aromatic nitrogens is 2. The molecule has 0 spiro atoms. The first kappa shape index (κ1) is 9.88. The monoisotopic (exact) mass is 231 g/mol. The van der Waals surface area contributed by atoms with E-state index in [1.54, 1.807) is 6.34 Å². The molecule has 0 aliphatic carbocycles. The molecule has 0 radical (unpaired) electrons. The molecule has 5 N–H and O–H groups in total. The number of H-pyrrole nitrogens is 1. The Morgan fingerprint density at radius 3 is 2.88 bits per heavy atom. The zero-order chi connectivity index (χ0) is 12.0. The van der Waals surface area contributed by atoms with Crippen LogP contribution in [0.5, 0.6) is 0 Å². The van der Waals surface area contributed by atoms with E-state index in [1.807, 2.05) is 13.8 Å². The van der Waals surface area contributed by atoms with Crippen molar-refractivity contribution in [1.82, 2.24) is 20.8 Å². The lowest BCUT2D eigenvalue weighted by atomic mass is 10.1. The van der Waals surface area contributed by atoms with Gasteiger partial charge in [0.1, 0.15) is 0 Å². The molecule has 1 aromatic rings. The SMILES string of the molecule is Cc1n[nH]c(C)c1C1=C2NC=NC2N=C(N)N1. The Labute approximate surface area is 97.9 Å². The summed E-state index contributed by atoms with van der Waals surface area (Å²) in [7, 11) is 0. The topological polar surface area (TPSA) is 103 Å². The Balaban J connectivity index is 2.15. The van der Waals surface area contributed by atoms with Gasteiger partial charge in [-0.25, -0.2) is 9.98 Å². The molecule has 0 amide bonds. The lowest BCUT2D eigenvalue weighted by Gasteiger charge is -2.21. The van der Waals surface area contributed by atoms with Crippen molar-refractivity contribution < 1.29 is 0 Å². The fourth-order valence-electron chi connectivity index (χ4n) is 2.10. The van der Waals surface area contributed by atoms with Gasteiger partial charge >= 0.3 is 0 Å². The number of aliphatic imine (C=N–C) groups is 2. The zero-order valence-electron chi connectivity index (χ0n) is 9.57. The summed E-state index contributed by atoms with van der Waals surface area (Å²) in [4.78, 5) is 8.39. The molecule has 1 aromatic heterocycles. The predicted octanol–water partition coefficient (Wildman–Crippen LogP) is -0.429. The van der Waals surface area contributed by atoms with Crippen LogP contribution in [0, 0.1) is 13.8 Å². The fourth-order valence-corrected chi connectivity index (χ4v) is 2.10. The Morgan fingerprint density at radius 1 is 1.35 bits per heavy atom. The smallest absolute Gasteiger partial charge is 0.195 e. The van der Waals surface area contributed by atoms with Crippen LogP contribution < -0.4 is 16.4 Å². The summed E-state index contributed by atoms with van der Waals surface area (Å²) in [5.74, 6) is 0.370. The van der Waals surface area contributed by atoms with Crippen molar-refractivity contribution in [3.8, 4) is 0 Å². The Hall–Kier alpha value is -2.31. The van der Waals surface area contributed by atoms with Crippen molar-refractivity contribution >= 4 is 18.0 Å². The number of nitrogens with two attached hydrogens (primary N) is 1. The van der Waals surface area contributed by atoms with Crippen molar-refractivity contribution in [3.05, 3.63) is 22.6 Å². The summed E-state index contributed by atoms with van der Waals surface area (Å²) >= 11 is 0. The van der Waals surface area contributed by atoms with Crippen LogP contribution in [0.4, 0.5) is 0 Å². The third kappa shape index (κ3) is 1.39. The highest BCUT2D eigenvalue weighted by molar-refractivity contribution is 5.93. The van der Waals surface area contributed by atoms with Gasteiger partial charge in [0.2, 0.25) is 0 Å². The summed E-state index contributed by atoms with van der Waals surface area (Å²) in [6.45, 7) is 3.91. The molecule has 0 saturated carbocycles. The van der Waals surface area contributed by atoms with E-state index in [4.69, 9.17) is 5.73 Å². The summed E-state index contributed by atoms with van der Waals surface area (Å²) in [6.07, 6.45) is 1.37. The maximum atomic E-state index is 5.76. The minimum absolute atomic E-state index is 0.264. The highest BCUT2D eigenvalue weighted by atomic mass is 15.3. The van der Waals surface area contributed by atoms with Crippen LogP contribution in [0.1, 0.15) is 17.0 Å². The fraction of sp³-hybridized carbons (Fsp3) is 0.300. The first-order chi connectivity index (χ1) is 8.16. The number of aryl methyl sites for hydroxylation is 2. The predicted molar refractivity (Wildman–Crippen MR) is 65.2 cm³/mol. The molecular weight excluding hydrogens is 218 g/mol. The molecular formula is C10H13N7. The van der Waals surface area contributed by atoms with Crippen LogP contribution in [0.2, 0.25) is 0 Å². The maximum Gasteiger partial charge on any atom is 0.195 e. The minimum Gasteiger partial charge on any atom is -0.370 e. The van der Waals surface area contributed by atoms with Gasteiger partial charge in [0.15, 0.2) is 12.1 Å². The summed E-state index contributed by atoms with van der Waals surface area (Å²) in [5.41, 5.74) is 10.5. The number of aromatic amines is 1. The van der Waals surface area contributed by atoms with E-state index >= 15 is 0 Å². The number of hydrogen-bond donors (Lipinski definition) is 4. The van der Waals surface area contributed by atoms with E-state index in [2.05, 4.69) is 30.8 Å². The molecule has 0 bridgehead atoms. The second-order valence-corrected chi connectivity index (χ2v) is 4.03. The highest BCUT2D eigenvalue weighted by Crippen LogP contribution is 2.27. The van der Waals surface area contributed by atoms with Crippen LogP contribution >= 0.6 is 0 Å². The number of rotatable bonds is 1. The molecule has 2 aliphatic rings. The quantitative estimate of drug-likeness (QED) is 0.526. The van der Waals surface area contributed by atoms with Crippen LogP contribution in [0.15, 0.2) is 15.7 Å². The minimum atomic E-state index is -0.264. The second-order valence-electron chi connectivity index (χ2n) is 4.03. The van der Waals surface area contributed by atoms with E-state index in [-0.39, 0.29) is 6.17 Å². The van der Waals surface area contributed by atoms with Gasteiger partial charge in [0.05, 0.1) is 23.4 Å². The third-order valence-electron chi connectivity index (χ3n) is 2.86. The van der Waals surface area contributed by atoms with Crippen LogP contribution in [0.3, 0.4) is 0 Å². The van der Waals surface area contributed by atoms with E-state index in [0.717, 1.165) is 28.3 Å². The third-order valence-corrected chi connectivity index (χ3v) is 2.86. The number of hydrogen-bond acceptors (Lipinski definition) is 6. The van der Waals surface area contributed by atoms with Gasteiger partial charge in [0, 0.05) is 11.3 Å². The second kappa shape index (κ2) is 3.34. The molecule has 0 fully saturated rings. The van der Waals surface area contributed by atoms with Crippen LogP contribution in [-0.4, -0.2) is 28.7 Å². The van der Waals surface area contributed by atoms with E-state index in [9.17, 15) is 0 Å². The zero-order valence-corrected chi connectivity index (χ0v) is 9.57. The molecule has 3 heterocycles. The Morgan fingerprint density at radius 2 is 2.18 bits per heavy atom. The Bertz CT molecular complexity index is 544. The van der Waals surface area contributed by atoms with Gasteiger partial charge in [-0.2, -0.15) is 5.10 Å². The molecule has 1 atom stereocenters. The molecule has 3 rings (SSSR count). The van der Waals surface area contributed by atoms with E-state index in [0.29, 0.717) is 5.96 Å². The van der Waals surface area contributed by atoms with Gasteiger partial charge in [0.25, 0.3) is 0 Å². The van der Waals surface area contributed by atoms with Gasteiger partial charge in [-0.1, -0.05) is 0 Å². The summed E-state index contributed by atoms with van der Waals surface area (Å²) < 4.78 is 0. The number of nitrogens with zero attached hydrogens (tertiary/aromatic N) is 3. The lowest BCUT2D eigenvalue weighted by Crippen LogP contribution is -2.38. The van der Waals surface area contributed by atoms with E-state index < -0.39 is 0 Å². The van der Waals surface area contributed by atoms with Crippen molar-refractivity contribution in [3.63, 3.8) is 0 Å². The summed E-state index contributed by atoms with van der Waals surface area (Å²) in [5, 5.41) is 13.3. The molecule has 7 nitrogen and oxygen atoms in total. The first-order valence-corrected chi connectivity index (χ1v) is 5.31. The molecule has 0 aromatic carbocycles. The molecule has 0 saturated heterocycles. The van der Waals surface area contributed by atoms with Gasteiger partial charge < -0.3 is 16.4 Å². The largest absolute Gasteiger partial charge is 0.370 e. The molecule has 7 heteroatoms. The molecule has 2 aliphatic heterocycles. The van der Waals surface area contributed by atoms with E-state index in [1.165, 1.54) is 0 Å². The number of fused-ring (bicyclic) bond motifs is 1. The molecule has 1 unspecified atom stereocenters. The lowest BCUT2D eigenvalue weighted by molar-refractivity contribution is 0.799. The van der Waals surface area contributed by atoms with Crippen LogP contribution in [0.25, 0.3) is 5.70 Å². The molecule has 17 heavy (non-hydrogen) atoms. The van der Waals surface area contributed by atoms with Crippen molar-refractivity contribution in [2.75, 3.05) is 0 Å². The highest BCUT2D eigenvalue weighted by Gasteiger charge is 2.28. The molecule has 88 valence electrons. The Kier molecular flexibility index (Phi) is 1.94. The van der Waals surface area contributed by atoms with Gasteiger partial charge in [-0.15, -0.1) is 0 Å². The maximum absolute atomic E-state index is 5.76. The van der Waals surface area contributed by atoms with Crippen LogP contribution in [-0.2, 0) is 0 Å². The van der Waals surface area contributed by atoms with Crippen molar-refractivity contribution in [2.45, 2.75) is 20.0 Å².